The molecule has 146 valence electrons. The Labute approximate surface area is 166 Å². The quantitative estimate of drug-likeness (QED) is 0.683. The van der Waals surface area contributed by atoms with Crippen molar-refractivity contribution in [3.05, 3.63) is 52.7 Å². The summed E-state index contributed by atoms with van der Waals surface area (Å²) in [6.07, 6.45) is 0.531. The van der Waals surface area contributed by atoms with Gasteiger partial charge in [-0.05, 0) is 6.92 Å². The zero-order valence-electron chi connectivity index (χ0n) is 15.1. The van der Waals surface area contributed by atoms with Crippen molar-refractivity contribution in [3.63, 3.8) is 0 Å². The van der Waals surface area contributed by atoms with Crippen molar-refractivity contribution in [3.8, 4) is 11.3 Å². The Hall–Kier alpha value is -2.56. The van der Waals surface area contributed by atoms with Gasteiger partial charge in [-0.15, -0.1) is 11.3 Å². The molecule has 0 saturated carbocycles. The molecule has 0 unspecified atom stereocenters. The fraction of sp³-hybridized carbons (Fsp3) is 0.278. The van der Waals surface area contributed by atoms with Gasteiger partial charge in [-0.25, -0.2) is 13.4 Å². The van der Waals surface area contributed by atoms with Gasteiger partial charge in [0.15, 0.2) is 16.6 Å². The van der Waals surface area contributed by atoms with Gasteiger partial charge in [-0.3, -0.25) is 10.1 Å². The topological polar surface area (TPSA) is 105 Å². The molecule has 0 fully saturated rings. The summed E-state index contributed by atoms with van der Waals surface area (Å²) >= 11 is 1.28. The van der Waals surface area contributed by atoms with E-state index in [0.717, 1.165) is 16.1 Å². The van der Waals surface area contributed by atoms with Crippen LogP contribution >= 0.6 is 11.3 Å². The molecule has 0 spiro atoms. The van der Waals surface area contributed by atoms with Gasteiger partial charge in [-0.2, -0.15) is 4.31 Å². The van der Waals surface area contributed by atoms with E-state index in [2.05, 4.69) is 15.5 Å². The number of thiazole rings is 1. The minimum atomic E-state index is -3.24. The lowest BCUT2D eigenvalue weighted by Gasteiger charge is -2.24. The minimum absolute atomic E-state index is 0.0701. The third-order valence-electron chi connectivity index (χ3n) is 4.48. The van der Waals surface area contributed by atoms with Gasteiger partial charge in [0, 0.05) is 36.0 Å². The largest absolute Gasteiger partial charge is 0.355 e. The second-order valence-electron chi connectivity index (χ2n) is 6.27. The predicted octanol–water partition coefficient (Wildman–Crippen LogP) is 2.76. The standard InChI is InChI=1S/C18H18N4O4S2/c1-2-28(24,25)22-9-8-13-16(11-22)27-18(19-13)20-17(23)14-10-15(26-21-14)12-6-4-3-5-7-12/h3-7,10H,2,8-9,11H2,1H3,(H,19,20,23). The van der Waals surface area contributed by atoms with E-state index in [-0.39, 0.29) is 11.4 Å². The van der Waals surface area contributed by atoms with E-state index < -0.39 is 15.9 Å². The van der Waals surface area contributed by atoms with Crippen molar-refractivity contribution in [2.24, 2.45) is 0 Å². The highest BCUT2D eigenvalue weighted by Crippen LogP contribution is 2.30. The van der Waals surface area contributed by atoms with Crippen LogP contribution in [0, 0.1) is 0 Å². The molecule has 1 amide bonds. The Bertz CT molecular complexity index is 1110. The molecule has 0 saturated heterocycles. The molecular weight excluding hydrogens is 400 g/mol. The van der Waals surface area contributed by atoms with Crippen molar-refractivity contribution in [1.29, 1.82) is 0 Å². The second-order valence-corrected chi connectivity index (χ2v) is 9.61. The summed E-state index contributed by atoms with van der Waals surface area (Å²) in [4.78, 5) is 17.7. The number of carbonyl (C=O) groups is 1. The lowest BCUT2D eigenvalue weighted by atomic mass is 10.1. The van der Waals surface area contributed by atoms with Crippen molar-refractivity contribution >= 4 is 32.4 Å². The maximum Gasteiger partial charge on any atom is 0.279 e. The van der Waals surface area contributed by atoms with E-state index in [4.69, 9.17) is 4.52 Å². The molecule has 0 atom stereocenters. The van der Waals surface area contributed by atoms with E-state index in [1.165, 1.54) is 15.6 Å². The van der Waals surface area contributed by atoms with Crippen LogP contribution in [0.1, 0.15) is 28.0 Å². The van der Waals surface area contributed by atoms with Crippen LogP contribution in [-0.2, 0) is 23.0 Å². The summed E-state index contributed by atoms with van der Waals surface area (Å²) < 4.78 is 30.9. The highest BCUT2D eigenvalue weighted by molar-refractivity contribution is 7.89. The molecule has 1 aliphatic rings. The van der Waals surface area contributed by atoms with Crippen molar-refractivity contribution in [2.45, 2.75) is 19.9 Å². The first-order valence-corrected chi connectivity index (χ1v) is 11.2. The molecule has 8 nitrogen and oxygen atoms in total. The molecule has 3 aromatic rings. The number of fused-ring (bicyclic) bond motifs is 1. The van der Waals surface area contributed by atoms with E-state index in [1.54, 1.807) is 13.0 Å². The maximum atomic E-state index is 12.5. The number of nitrogens with one attached hydrogen (secondary N) is 1. The van der Waals surface area contributed by atoms with Crippen LogP contribution in [0.15, 0.2) is 40.9 Å². The molecule has 4 rings (SSSR count). The Morgan fingerprint density at radius 1 is 1.32 bits per heavy atom. The number of nitrogens with zero attached hydrogens (tertiary/aromatic N) is 3. The number of hydrogen-bond donors (Lipinski definition) is 1. The highest BCUT2D eigenvalue weighted by Gasteiger charge is 2.28. The van der Waals surface area contributed by atoms with Gasteiger partial charge >= 0.3 is 0 Å². The second kappa shape index (κ2) is 7.46. The molecule has 1 aliphatic heterocycles. The van der Waals surface area contributed by atoms with Crippen molar-refractivity contribution in [1.82, 2.24) is 14.4 Å². The first-order valence-electron chi connectivity index (χ1n) is 8.76. The average molecular weight is 419 g/mol. The van der Waals surface area contributed by atoms with Crippen molar-refractivity contribution < 1.29 is 17.7 Å². The Kier molecular flexibility index (Phi) is 5.00. The molecule has 28 heavy (non-hydrogen) atoms. The fourth-order valence-corrected chi connectivity index (χ4v) is 5.09. The molecular formula is C18H18N4O4S2. The number of sulfonamides is 1. The Balaban J connectivity index is 1.48. The number of amides is 1. The molecule has 1 N–H and O–H groups in total. The average Bonchev–Trinajstić information content (AvgIpc) is 3.35. The number of benzene rings is 1. The normalized spacial score (nSPS) is 14.6. The molecule has 0 bridgehead atoms. The van der Waals surface area contributed by atoms with Crippen LogP contribution in [-0.4, -0.2) is 41.1 Å². The zero-order valence-corrected chi connectivity index (χ0v) is 16.7. The van der Waals surface area contributed by atoms with E-state index in [0.29, 0.717) is 30.4 Å². The van der Waals surface area contributed by atoms with Crippen molar-refractivity contribution in [2.75, 3.05) is 17.6 Å². The third kappa shape index (κ3) is 3.71. The summed E-state index contributed by atoms with van der Waals surface area (Å²) in [5.74, 6) is 0.153. The van der Waals surface area contributed by atoms with E-state index in [9.17, 15) is 13.2 Å². The van der Waals surface area contributed by atoms with Crippen LogP contribution in [0.5, 0.6) is 0 Å². The lowest BCUT2D eigenvalue weighted by molar-refractivity contribution is 0.101. The number of aromatic nitrogens is 2. The molecule has 0 radical (unpaired) electrons. The fourth-order valence-electron chi connectivity index (χ4n) is 2.93. The Morgan fingerprint density at radius 3 is 2.86 bits per heavy atom. The van der Waals surface area contributed by atoms with Gasteiger partial charge < -0.3 is 4.52 Å². The van der Waals surface area contributed by atoms with Gasteiger partial charge in [0.25, 0.3) is 5.91 Å². The van der Waals surface area contributed by atoms with E-state index >= 15 is 0 Å². The van der Waals surface area contributed by atoms with E-state index in [1.807, 2.05) is 30.3 Å². The minimum Gasteiger partial charge on any atom is -0.355 e. The van der Waals surface area contributed by atoms with Crippen LogP contribution in [0.25, 0.3) is 11.3 Å². The van der Waals surface area contributed by atoms with Gasteiger partial charge in [0.2, 0.25) is 10.0 Å². The molecule has 0 aliphatic carbocycles. The third-order valence-corrected chi connectivity index (χ3v) is 7.30. The monoisotopic (exact) mass is 418 g/mol. The summed E-state index contributed by atoms with van der Waals surface area (Å²) in [6.45, 7) is 2.33. The number of carbonyl (C=O) groups excluding carboxylic acids is 1. The summed E-state index contributed by atoms with van der Waals surface area (Å²) in [5.41, 5.74) is 1.81. The smallest absolute Gasteiger partial charge is 0.279 e. The summed E-state index contributed by atoms with van der Waals surface area (Å²) in [6, 6.07) is 11.0. The van der Waals surface area contributed by atoms with Gasteiger partial charge in [-0.1, -0.05) is 35.5 Å². The van der Waals surface area contributed by atoms with Gasteiger partial charge in [0.05, 0.1) is 11.4 Å². The SMILES string of the molecule is CCS(=O)(=O)N1CCc2nc(NC(=O)c3cc(-c4ccccc4)on3)sc2C1. The van der Waals surface area contributed by atoms with Crippen LogP contribution < -0.4 is 5.32 Å². The zero-order chi connectivity index (χ0) is 19.7. The Morgan fingerprint density at radius 2 is 2.11 bits per heavy atom. The maximum absolute atomic E-state index is 12.5. The number of anilines is 1. The lowest BCUT2D eigenvalue weighted by Crippen LogP contribution is -2.36. The van der Waals surface area contributed by atoms with Crippen LogP contribution in [0.3, 0.4) is 0 Å². The predicted molar refractivity (Wildman–Crippen MR) is 106 cm³/mol. The summed E-state index contributed by atoms with van der Waals surface area (Å²) in [5, 5.41) is 6.98. The number of hydrogen-bond acceptors (Lipinski definition) is 7. The summed E-state index contributed by atoms with van der Waals surface area (Å²) in [7, 11) is -3.24. The molecule has 1 aromatic carbocycles. The molecule has 10 heteroatoms. The molecule has 3 heterocycles. The number of rotatable bonds is 5. The first kappa shape index (κ1) is 18.8. The van der Waals surface area contributed by atoms with Gasteiger partial charge in [0.1, 0.15) is 0 Å². The first-order chi connectivity index (χ1) is 13.5. The van der Waals surface area contributed by atoms with Crippen LogP contribution in [0.4, 0.5) is 5.13 Å². The van der Waals surface area contributed by atoms with Crippen LogP contribution in [0.2, 0.25) is 0 Å². The highest BCUT2D eigenvalue weighted by atomic mass is 32.2. The molecule has 2 aromatic heterocycles.